The van der Waals surface area contributed by atoms with Gasteiger partial charge in [-0.1, -0.05) is 6.07 Å². The number of ketones is 1. The molecule has 3 heteroatoms. The maximum Gasteiger partial charge on any atom is 0.131 e. The summed E-state index contributed by atoms with van der Waals surface area (Å²) < 4.78 is 5.32. The Morgan fingerprint density at radius 1 is 1.21 bits per heavy atom. The van der Waals surface area contributed by atoms with Gasteiger partial charge in [-0.2, -0.15) is 0 Å². The van der Waals surface area contributed by atoms with Gasteiger partial charge in [-0.05, 0) is 57.0 Å². The fourth-order valence-corrected chi connectivity index (χ4v) is 2.11. The van der Waals surface area contributed by atoms with Gasteiger partial charge >= 0.3 is 0 Å². The van der Waals surface area contributed by atoms with E-state index in [-0.39, 0.29) is 5.78 Å². The van der Waals surface area contributed by atoms with Crippen LogP contribution in [0.1, 0.15) is 30.0 Å². The van der Waals surface area contributed by atoms with Crippen LogP contribution in [0.25, 0.3) is 0 Å². The molecule has 0 fully saturated rings. The number of carbonyl (C=O) groups excluding carboxylic acids is 1. The summed E-state index contributed by atoms with van der Waals surface area (Å²) in [5.74, 6) is 1.20. The van der Waals surface area contributed by atoms with Crippen molar-refractivity contribution >= 4 is 5.78 Å². The molecule has 0 heterocycles. The summed E-state index contributed by atoms with van der Waals surface area (Å²) in [5, 5.41) is 0. The molecule has 0 atom stereocenters. The highest BCUT2D eigenvalue weighted by atomic mass is 16.5. The Morgan fingerprint density at radius 2 is 1.89 bits per heavy atom. The molecule has 19 heavy (non-hydrogen) atoms. The van der Waals surface area contributed by atoms with Crippen LogP contribution >= 0.6 is 0 Å². The lowest BCUT2D eigenvalue weighted by Gasteiger charge is -2.17. The fourth-order valence-electron chi connectivity index (χ4n) is 2.11. The molecule has 1 aromatic rings. The van der Waals surface area contributed by atoms with Crippen LogP contribution in [-0.2, 0) is 11.2 Å². The first-order chi connectivity index (χ1) is 8.93. The summed E-state index contributed by atoms with van der Waals surface area (Å²) in [5.41, 5.74) is 3.80. The van der Waals surface area contributed by atoms with E-state index in [1.54, 1.807) is 14.0 Å². The molecule has 0 N–H and O–H groups in total. The second-order valence-corrected chi connectivity index (χ2v) is 5.25. The Balaban J connectivity index is 2.58. The van der Waals surface area contributed by atoms with Crippen molar-refractivity contribution in [1.82, 2.24) is 4.90 Å². The van der Waals surface area contributed by atoms with Crippen LogP contribution in [0.5, 0.6) is 5.75 Å². The maximum atomic E-state index is 11.0. The van der Waals surface area contributed by atoms with Gasteiger partial charge in [0.2, 0.25) is 0 Å². The second-order valence-electron chi connectivity index (χ2n) is 5.25. The number of ether oxygens (including phenoxy) is 1. The molecule has 106 valence electrons. The number of methoxy groups -OCH3 is 1. The molecule has 0 aliphatic heterocycles. The van der Waals surface area contributed by atoms with E-state index in [4.69, 9.17) is 4.74 Å². The predicted molar refractivity (Wildman–Crippen MR) is 79.0 cm³/mol. The number of Topliss-reactive ketones (excluding diaryl/α,β-unsaturated/α-hetero) is 1. The van der Waals surface area contributed by atoms with E-state index in [1.807, 2.05) is 0 Å². The van der Waals surface area contributed by atoms with Gasteiger partial charge in [0.1, 0.15) is 11.5 Å². The molecule has 0 aliphatic rings. The molecule has 0 bridgehead atoms. The van der Waals surface area contributed by atoms with Gasteiger partial charge in [-0.3, -0.25) is 4.79 Å². The van der Waals surface area contributed by atoms with Crippen molar-refractivity contribution in [2.75, 3.05) is 27.2 Å². The fraction of sp³-hybridized carbons (Fsp3) is 0.562. The van der Waals surface area contributed by atoms with Crippen molar-refractivity contribution in [1.29, 1.82) is 0 Å². The number of nitrogens with zero attached hydrogens (tertiary/aromatic N) is 1. The molecule has 0 amide bonds. The van der Waals surface area contributed by atoms with Gasteiger partial charge in [0.15, 0.2) is 0 Å². The number of hydrogen-bond acceptors (Lipinski definition) is 3. The zero-order valence-electron chi connectivity index (χ0n) is 12.7. The highest BCUT2D eigenvalue weighted by Crippen LogP contribution is 2.22. The van der Waals surface area contributed by atoms with E-state index in [1.165, 1.54) is 16.7 Å². The van der Waals surface area contributed by atoms with E-state index in [2.05, 4.69) is 37.9 Å². The van der Waals surface area contributed by atoms with E-state index in [0.29, 0.717) is 6.42 Å². The molecule has 3 nitrogen and oxygen atoms in total. The average Bonchev–Trinajstić information content (AvgIpc) is 2.36. The van der Waals surface area contributed by atoms with Crippen molar-refractivity contribution in [2.24, 2.45) is 0 Å². The zero-order chi connectivity index (χ0) is 14.4. The van der Waals surface area contributed by atoms with Gasteiger partial charge in [0.25, 0.3) is 0 Å². The molecule has 0 aromatic heterocycles. The van der Waals surface area contributed by atoms with E-state index < -0.39 is 0 Å². The van der Waals surface area contributed by atoms with Crippen molar-refractivity contribution in [3.63, 3.8) is 0 Å². The number of benzene rings is 1. The van der Waals surface area contributed by atoms with Crippen LogP contribution < -0.4 is 4.74 Å². The number of likely N-dealkylation sites (N-methyl/N-ethyl adjacent to an activating group) is 1. The Hall–Kier alpha value is -1.35. The second kappa shape index (κ2) is 7.29. The van der Waals surface area contributed by atoms with E-state index in [0.717, 1.165) is 25.3 Å². The SMILES string of the molecule is COc1cc(C)c(CCN(C)CCC(C)=O)cc1C. The van der Waals surface area contributed by atoms with Crippen molar-refractivity contribution < 1.29 is 9.53 Å². The minimum absolute atomic E-state index is 0.253. The molecule has 0 saturated carbocycles. The van der Waals surface area contributed by atoms with Crippen LogP contribution in [0.2, 0.25) is 0 Å². The molecule has 1 aromatic carbocycles. The van der Waals surface area contributed by atoms with Gasteiger partial charge in [0.05, 0.1) is 7.11 Å². The monoisotopic (exact) mass is 263 g/mol. The molecule has 0 radical (unpaired) electrons. The maximum absolute atomic E-state index is 11.0. The van der Waals surface area contributed by atoms with Gasteiger partial charge < -0.3 is 9.64 Å². The Labute approximate surface area is 116 Å². The standard InChI is InChI=1S/C16H25NO2/c1-12-11-16(19-5)13(2)10-15(12)7-9-17(4)8-6-14(3)18/h10-11H,6-9H2,1-5H3. The van der Waals surface area contributed by atoms with Crippen molar-refractivity contribution in [3.05, 3.63) is 28.8 Å². The van der Waals surface area contributed by atoms with Gasteiger partial charge in [-0.25, -0.2) is 0 Å². The third-order valence-corrected chi connectivity index (χ3v) is 3.46. The average molecular weight is 263 g/mol. The van der Waals surface area contributed by atoms with Gasteiger partial charge in [-0.15, -0.1) is 0 Å². The molecule has 0 saturated heterocycles. The summed E-state index contributed by atoms with van der Waals surface area (Å²) in [6, 6.07) is 4.30. The largest absolute Gasteiger partial charge is 0.496 e. The summed E-state index contributed by atoms with van der Waals surface area (Å²) in [6.07, 6.45) is 1.64. The lowest BCUT2D eigenvalue weighted by molar-refractivity contribution is -0.117. The summed E-state index contributed by atoms with van der Waals surface area (Å²) >= 11 is 0. The lowest BCUT2D eigenvalue weighted by Crippen LogP contribution is -2.24. The molecule has 1 rings (SSSR count). The normalized spacial score (nSPS) is 10.8. The third-order valence-electron chi connectivity index (χ3n) is 3.46. The summed E-state index contributed by atoms with van der Waals surface area (Å²) in [4.78, 5) is 13.2. The smallest absolute Gasteiger partial charge is 0.131 e. The number of rotatable bonds is 7. The third kappa shape index (κ3) is 5.03. The molecular formula is C16H25NO2. The first-order valence-corrected chi connectivity index (χ1v) is 6.76. The van der Waals surface area contributed by atoms with Crippen LogP contribution in [0.4, 0.5) is 0 Å². The van der Waals surface area contributed by atoms with Crippen LogP contribution in [0, 0.1) is 13.8 Å². The topological polar surface area (TPSA) is 29.5 Å². The summed E-state index contributed by atoms with van der Waals surface area (Å²) in [6.45, 7) is 7.64. The zero-order valence-corrected chi connectivity index (χ0v) is 12.7. The quantitative estimate of drug-likeness (QED) is 0.757. The lowest BCUT2D eigenvalue weighted by atomic mass is 10.0. The minimum Gasteiger partial charge on any atom is -0.496 e. The highest BCUT2D eigenvalue weighted by molar-refractivity contribution is 5.75. The Morgan fingerprint density at radius 3 is 2.47 bits per heavy atom. The van der Waals surface area contributed by atoms with Crippen LogP contribution in [-0.4, -0.2) is 37.9 Å². The van der Waals surface area contributed by atoms with E-state index in [9.17, 15) is 4.79 Å². The predicted octanol–water partition coefficient (Wildman–Crippen LogP) is 2.77. The summed E-state index contributed by atoms with van der Waals surface area (Å²) in [7, 11) is 3.77. The Bertz CT molecular complexity index is 441. The minimum atomic E-state index is 0.253. The molecule has 0 spiro atoms. The first-order valence-electron chi connectivity index (χ1n) is 6.76. The van der Waals surface area contributed by atoms with Gasteiger partial charge in [0, 0.05) is 19.5 Å². The van der Waals surface area contributed by atoms with E-state index >= 15 is 0 Å². The van der Waals surface area contributed by atoms with Crippen LogP contribution in [0.3, 0.4) is 0 Å². The Kier molecular flexibility index (Phi) is 6.03. The molecular weight excluding hydrogens is 238 g/mol. The first kappa shape index (κ1) is 15.7. The number of carbonyl (C=O) groups is 1. The number of aryl methyl sites for hydroxylation is 2. The van der Waals surface area contributed by atoms with Crippen molar-refractivity contribution in [3.8, 4) is 5.75 Å². The highest BCUT2D eigenvalue weighted by Gasteiger charge is 2.06. The van der Waals surface area contributed by atoms with Crippen molar-refractivity contribution in [2.45, 2.75) is 33.6 Å². The molecule has 0 unspecified atom stereocenters. The van der Waals surface area contributed by atoms with Crippen LogP contribution in [0.15, 0.2) is 12.1 Å². The molecule has 0 aliphatic carbocycles. The number of hydrogen-bond donors (Lipinski definition) is 0.